The van der Waals surface area contributed by atoms with Gasteiger partial charge in [0.15, 0.2) is 0 Å². The van der Waals surface area contributed by atoms with Gasteiger partial charge in [0, 0.05) is 21.7 Å². The van der Waals surface area contributed by atoms with Crippen LogP contribution in [0, 0.1) is 0 Å². The van der Waals surface area contributed by atoms with Gasteiger partial charge in [0.2, 0.25) is 0 Å². The first-order valence-corrected chi connectivity index (χ1v) is 8.93. The van der Waals surface area contributed by atoms with E-state index in [0.717, 1.165) is 17.8 Å². The molecule has 0 radical (unpaired) electrons. The zero-order chi connectivity index (χ0) is 20.1. The minimum Gasteiger partial charge on any atom is -0.358 e. The molecule has 1 aromatic rings. The summed E-state index contributed by atoms with van der Waals surface area (Å²) in [5.41, 5.74) is -4.66. The van der Waals surface area contributed by atoms with Crippen LogP contribution in [0.25, 0.3) is 5.70 Å². The molecule has 0 aliphatic heterocycles. The summed E-state index contributed by atoms with van der Waals surface area (Å²) >= 11 is 0.795. The molecule has 0 unspecified atom stereocenters. The van der Waals surface area contributed by atoms with Crippen molar-refractivity contribution in [3.05, 3.63) is 53.4 Å². The van der Waals surface area contributed by atoms with E-state index in [9.17, 15) is 26.3 Å². The third-order valence-corrected chi connectivity index (χ3v) is 4.26. The number of alkyl halides is 6. The molecule has 0 saturated heterocycles. The van der Waals surface area contributed by atoms with Crippen LogP contribution in [-0.4, -0.2) is 16.2 Å². The van der Waals surface area contributed by atoms with Crippen LogP contribution in [-0.2, 0) is 6.18 Å². The van der Waals surface area contributed by atoms with Crippen LogP contribution in [0.4, 0.5) is 26.3 Å². The van der Waals surface area contributed by atoms with Crippen LogP contribution >= 0.6 is 23.5 Å². The number of nitrogens with zero attached hydrogens (tertiary/aromatic N) is 1. The molecule has 2 nitrogen and oxygen atoms in total. The second-order valence-electron chi connectivity index (χ2n) is 4.95. The van der Waals surface area contributed by atoms with E-state index in [-0.39, 0.29) is 33.0 Å². The van der Waals surface area contributed by atoms with E-state index in [4.69, 9.17) is 0 Å². The normalized spacial score (nSPS) is 12.8. The Morgan fingerprint density at radius 1 is 1.23 bits per heavy atom. The molecule has 0 saturated carbocycles. The standard InChI is InChI=1S/C16H16F6N2S2/c1-5-25-13-7-12(15(17,18)19)8-23-14(13)11(4)24-9(2)6-10(3)26-16(20,21)22/h6-8,24H,3-5H2,1-2H3/b9-6+. The van der Waals surface area contributed by atoms with Gasteiger partial charge in [0.1, 0.15) is 0 Å². The number of thioether (sulfide) groups is 2. The Kier molecular flexibility index (Phi) is 7.70. The summed E-state index contributed by atoms with van der Waals surface area (Å²) in [4.78, 5) is 3.85. The lowest BCUT2D eigenvalue weighted by atomic mass is 10.2. The molecule has 1 aromatic heterocycles. The van der Waals surface area contributed by atoms with E-state index in [2.05, 4.69) is 23.5 Å². The first-order chi connectivity index (χ1) is 11.8. The van der Waals surface area contributed by atoms with E-state index in [1.165, 1.54) is 13.0 Å². The molecule has 0 atom stereocenters. The van der Waals surface area contributed by atoms with Gasteiger partial charge in [-0.25, -0.2) is 0 Å². The molecule has 1 rings (SSSR count). The summed E-state index contributed by atoms with van der Waals surface area (Å²) < 4.78 is 75.3. The largest absolute Gasteiger partial charge is 0.446 e. The van der Waals surface area contributed by atoms with Crippen molar-refractivity contribution in [2.75, 3.05) is 5.75 Å². The van der Waals surface area contributed by atoms with Crippen LogP contribution < -0.4 is 5.32 Å². The molecule has 0 aliphatic carbocycles. The molecule has 10 heteroatoms. The fourth-order valence-electron chi connectivity index (χ4n) is 1.84. The number of halogens is 6. The van der Waals surface area contributed by atoms with Crippen LogP contribution in [0.3, 0.4) is 0 Å². The smallest absolute Gasteiger partial charge is 0.358 e. The Hall–Kier alpha value is -1.55. The second-order valence-corrected chi connectivity index (χ2v) is 7.44. The maximum atomic E-state index is 12.8. The predicted molar refractivity (Wildman–Crippen MR) is 94.3 cm³/mol. The molecule has 144 valence electrons. The zero-order valence-corrected chi connectivity index (χ0v) is 15.5. The van der Waals surface area contributed by atoms with Gasteiger partial charge in [0.05, 0.1) is 17.0 Å². The van der Waals surface area contributed by atoms with Gasteiger partial charge >= 0.3 is 11.7 Å². The van der Waals surface area contributed by atoms with E-state index in [1.807, 2.05) is 0 Å². The molecule has 0 amide bonds. The van der Waals surface area contributed by atoms with Crippen molar-refractivity contribution < 1.29 is 26.3 Å². The first-order valence-electron chi connectivity index (χ1n) is 7.12. The number of hydrogen-bond donors (Lipinski definition) is 1. The van der Waals surface area contributed by atoms with E-state index < -0.39 is 17.2 Å². The molecule has 0 aliphatic rings. The van der Waals surface area contributed by atoms with Crippen molar-refractivity contribution in [3.8, 4) is 0 Å². The molecule has 0 spiro atoms. The highest BCUT2D eigenvalue weighted by Crippen LogP contribution is 2.36. The van der Waals surface area contributed by atoms with Crippen molar-refractivity contribution in [2.24, 2.45) is 0 Å². The number of pyridine rings is 1. The highest BCUT2D eigenvalue weighted by atomic mass is 32.2. The number of nitrogens with one attached hydrogen (secondary N) is 1. The SMILES string of the molecule is C=C(/C=C(\C)NC(=C)c1ncc(C(F)(F)F)cc1SCC)SC(F)(F)F. The van der Waals surface area contributed by atoms with Crippen molar-refractivity contribution >= 4 is 29.2 Å². The molecular formula is C16H16F6N2S2. The monoisotopic (exact) mass is 414 g/mol. The molecule has 1 heterocycles. The lowest BCUT2D eigenvalue weighted by Crippen LogP contribution is -2.13. The fourth-order valence-corrected chi connectivity index (χ4v) is 3.21. The molecule has 0 fully saturated rings. The minimum absolute atomic E-state index is 0.174. The molecular weight excluding hydrogens is 398 g/mol. The highest BCUT2D eigenvalue weighted by molar-refractivity contribution is 8.04. The summed E-state index contributed by atoms with van der Waals surface area (Å²) in [6.07, 6.45) is -2.66. The van der Waals surface area contributed by atoms with Gasteiger partial charge in [0.25, 0.3) is 0 Å². The van der Waals surface area contributed by atoms with Gasteiger partial charge in [-0.05, 0) is 36.6 Å². The molecule has 1 N–H and O–H groups in total. The topological polar surface area (TPSA) is 24.9 Å². The maximum absolute atomic E-state index is 12.8. The van der Waals surface area contributed by atoms with Crippen molar-refractivity contribution in [3.63, 3.8) is 0 Å². The Morgan fingerprint density at radius 3 is 2.35 bits per heavy atom. The quantitative estimate of drug-likeness (QED) is 0.315. The number of hydrogen-bond acceptors (Lipinski definition) is 4. The average molecular weight is 414 g/mol. The average Bonchev–Trinajstić information content (AvgIpc) is 2.43. The van der Waals surface area contributed by atoms with E-state index >= 15 is 0 Å². The Balaban J connectivity index is 3.00. The van der Waals surface area contributed by atoms with E-state index in [1.54, 1.807) is 6.92 Å². The number of allylic oxidation sites excluding steroid dienone is 2. The van der Waals surface area contributed by atoms with Crippen LogP contribution in [0.1, 0.15) is 25.1 Å². The van der Waals surface area contributed by atoms with Gasteiger partial charge in [-0.15, -0.1) is 11.8 Å². The highest BCUT2D eigenvalue weighted by Gasteiger charge is 2.32. The van der Waals surface area contributed by atoms with Gasteiger partial charge in [-0.3, -0.25) is 4.98 Å². The summed E-state index contributed by atoms with van der Waals surface area (Å²) in [6, 6.07) is 0.973. The van der Waals surface area contributed by atoms with Crippen LogP contribution in [0.2, 0.25) is 0 Å². The maximum Gasteiger partial charge on any atom is 0.446 e. The van der Waals surface area contributed by atoms with Gasteiger partial charge in [-0.2, -0.15) is 26.3 Å². The Labute approximate surface area is 155 Å². The third-order valence-electron chi connectivity index (χ3n) is 2.74. The summed E-state index contributed by atoms with van der Waals surface area (Å²) in [6.45, 7) is 10.3. The van der Waals surface area contributed by atoms with Gasteiger partial charge < -0.3 is 5.32 Å². The minimum atomic E-state index is -4.52. The lowest BCUT2D eigenvalue weighted by molar-refractivity contribution is -0.138. The molecule has 26 heavy (non-hydrogen) atoms. The zero-order valence-electron chi connectivity index (χ0n) is 13.9. The third kappa shape index (κ3) is 7.36. The predicted octanol–water partition coefficient (Wildman–Crippen LogP) is 6.44. The number of rotatable bonds is 7. The second kappa shape index (κ2) is 8.90. The molecule has 0 bridgehead atoms. The number of aromatic nitrogens is 1. The van der Waals surface area contributed by atoms with Crippen molar-refractivity contribution in [1.82, 2.24) is 10.3 Å². The molecule has 0 aromatic carbocycles. The van der Waals surface area contributed by atoms with Crippen LogP contribution in [0.5, 0.6) is 0 Å². The Morgan fingerprint density at radius 2 is 1.85 bits per heavy atom. The summed E-state index contributed by atoms with van der Waals surface area (Å²) in [5.74, 6) is 0.511. The summed E-state index contributed by atoms with van der Waals surface area (Å²) in [5, 5.41) is 2.74. The van der Waals surface area contributed by atoms with Crippen molar-refractivity contribution in [1.29, 1.82) is 0 Å². The first kappa shape index (κ1) is 22.5. The van der Waals surface area contributed by atoms with E-state index in [0.29, 0.717) is 17.6 Å². The lowest BCUT2D eigenvalue weighted by Gasteiger charge is -2.15. The van der Waals surface area contributed by atoms with Crippen LogP contribution in [0.15, 0.2) is 47.0 Å². The van der Waals surface area contributed by atoms with Gasteiger partial charge in [-0.1, -0.05) is 20.1 Å². The summed E-state index contributed by atoms with van der Waals surface area (Å²) in [7, 11) is 0. The Bertz CT molecular complexity index is 708. The van der Waals surface area contributed by atoms with Crippen molar-refractivity contribution in [2.45, 2.75) is 30.4 Å². The fraction of sp³-hybridized carbons (Fsp3) is 0.312.